The molecule has 20 heavy (non-hydrogen) atoms. The van der Waals surface area contributed by atoms with Crippen molar-refractivity contribution in [2.24, 2.45) is 0 Å². The summed E-state index contributed by atoms with van der Waals surface area (Å²) in [6.07, 6.45) is 1.99. The highest BCUT2D eigenvalue weighted by Gasteiger charge is 2.10. The summed E-state index contributed by atoms with van der Waals surface area (Å²) in [4.78, 5) is 11.6. The highest BCUT2D eigenvalue weighted by atomic mass is 32.2. The van der Waals surface area contributed by atoms with E-state index in [4.69, 9.17) is 0 Å². The number of nitrogens with one attached hydrogen (secondary N) is 2. The average molecular weight is 308 g/mol. The third-order valence-electron chi connectivity index (χ3n) is 2.80. The minimum Gasteiger partial charge on any atom is -0.370 e. The molecule has 0 aliphatic heterocycles. The van der Waals surface area contributed by atoms with Gasteiger partial charge in [-0.2, -0.15) is 0 Å². The van der Waals surface area contributed by atoms with Crippen LogP contribution >= 0.6 is 23.1 Å². The first-order valence-electron chi connectivity index (χ1n) is 6.62. The van der Waals surface area contributed by atoms with Crippen LogP contribution in [0.15, 0.2) is 23.4 Å². The van der Waals surface area contributed by atoms with Gasteiger partial charge >= 0.3 is 0 Å². The third-order valence-corrected chi connectivity index (χ3v) is 4.53. The first kappa shape index (κ1) is 15.1. The number of hydrogen-bond acceptors (Lipinski definition) is 6. The van der Waals surface area contributed by atoms with Crippen LogP contribution in [0.3, 0.4) is 0 Å². The van der Waals surface area contributed by atoms with Crippen molar-refractivity contribution in [3.8, 4) is 0 Å². The summed E-state index contributed by atoms with van der Waals surface area (Å²) in [6.45, 7) is 7.19. The van der Waals surface area contributed by atoms with Crippen molar-refractivity contribution in [1.82, 2.24) is 9.97 Å². The van der Waals surface area contributed by atoms with Crippen LogP contribution < -0.4 is 10.6 Å². The van der Waals surface area contributed by atoms with Gasteiger partial charge in [0.1, 0.15) is 11.6 Å². The van der Waals surface area contributed by atoms with E-state index >= 15 is 0 Å². The summed E-state index contributed by atoms with van der Waals surface area (Å²) < 4.78 is 0. The lowest BCUT2D eigenvalue weighted by Gasteiger charge is -2.14. The molecule has 2 aromatic heterocycles. The Hall–Kier alpha value is -1.27. The number of thioether (sulfide) groups is 1. The molecule has 2 N–H and O–H groups in total. The van der Waals surface area contributed by atoms with Gasteiger partial charge < -0.3 is 10.6 Å². The fourth-order valence-electron chi connectivity index (χ4n) is 1.84. The maximum Gasteiger partial charge on any atom is 0.191 e. The van der Waals surface area contributed by atoms with Gasteiger partial charge in [0, 0.05) is 22.4 Å². The van der Waals surface area contributed by atoms with E-state index in [0.717, 1.165) is 23.3 Å². The summed E-state index contributed by atoms with van der Waals surface area (Å²) in [5.74, 6) is 1.72. The molecule has 0 radical (unpaired) electrons. The van der Waals surface area contributed by atoms with E-state index < -0.39 is 0 Å². The second kappa shape index (κ2) is 6.95. The van der Waals surface area contributed by atoms with Crippen LogP contribution in [-0.2, 0) is 0 Å². The molecule has 6 heteroatoms. The minimum atomic E-state index is 0.243. The van der Waals surface area contributed by atoms with Gasteiger partial charge in [0.15, 0.2) is 5.16 Å². The van der Waals surface area contributed by atoms with Crippen molar-refractivity contribution in [2.75, 3.05) is 23.4 Å². The fraction of sp³-hybridized carbons (Fsp3) is 0.429. The van der Waals surface area contributed by atoms with E-state index in [1.54, 1.807) is 11.8 Å². The standard InChI is InChI=1S/C14H20N4S2/c1-5-15-12-8-13(18-14(17-12)19-4)16-10(3)11-7-6-9(2)20-11/h6-8,10H,5H2,1-4H3,(H2,15,16,17,18). The molecule has 0 aromatic carbocycles. The van der Waals surface area contributed by atoms with Crippen molar-refractivity contribution in [3.05, 3.63) is 28.0 Å². The Labute approximate surface area is 128 Å². The molecule has 0 saturated carbocycles. The van der Waals surface area contributed by atoms with Crippen LogP contribution in [0.25, 0.3) is 0 Å². The van der Waals surface area contributed by atoms with Crippen LogP contribution in [0, 0.1) is 6.92 Å². The zero-order valence-corrected chi connectivity index (χ0v) is 13.9. The molecule has 108 valence electrons. The summed E-state index contributed by atoms with van der Waals surface area (Å²) in [5, 5.41) is 7.47. The van der Waals surface area contributed by atoms with Gasteiger partial charge in [-0.3, -0.25) is 0 Å². The number of aryl methyl sites for hydroxylation is 1. The van der Waals surface area contributed by atoms with E-state index in [0.29, 0.717) is 0 Å². The quantitative estimate of drug-likeness (QED) is 0.619. The smallest absolute Gasteiger partial charge is 0.191 e. The average Bonchev–Trinajstić information content (AvgIpc) is 2.85. The molecule has 2 heterocycles. The van der Waals surface area contributed by atoms with E-state index in [1.807, 2.05) is 23.7 Å². The molecule has 0 spiro atoms. The molecular formula is C14H20N4S2. The Morgan fingerprint density at radius 1 is 1.30 bits per heavy atom. The van der Waals surface area contributed by atoms with Gasteiger partial charge in [0.25, 0.3) is 0 Å². The molecule has 0 bridgehead atoms. The summed E-state index contributed by atoms with van der Waals surface area (Å²) in [5.41, 5.74) is 0. The van der Waals surface area contributed by atoms with Gasteiger partial charge in [-0.05, 0) is 39.2 Å². The number of anilines is 2. The monoisotopic (exact) mass is 308 g/mol. The van der Waals surface area contributed by atoms with E-state index in [1.165, 1.54) is 9.75 Å². The molecule has 1 atom stereocenters. The highest BCUT2D eigenvalue weighted by molar-refractivity contribution is 7.98. The van der Waals surface area contributed by atoms with Gasteiger partial charge in [-0.1, -0.05) is 11.8 Å². The van der Waals surface area contributed by atoms with E-state index in [9.17, 15) is 0 Å². The van der Waals surface area contributed by atoms with Crippen molar-refractivity contribution < 1.29 is 0 Å². The maximum atomic E-state index is 4.51. The lowest BCUT2D eigenvalue weighted by Crippen LogP contribution is -2.09. The Morgan fingerprint density at radius 2 is 2.05 bits per heavy atom. The number of hydrogen-bond donors (Lipinski definition) is 2. The number of rotatable bonds is 6. The summed E-state index contributed by atoms with van der Waals surface area (Å²) in [7, 11) is 0. The van der Waals surface area contributed by atoms with Crippen LogP contribution in [0.5, 0.6) is 0 Å². The molecule has 2 aromatic rings. The topological polar surface area (TPSA) is 49.8 Å². The Morgan fingerprint density at radius 3 is 2.65 bits per heavy atom. The van der Waals surface area contributed by atoms with Crippen LogP contribution in [0.2, 0.25) is 0 Å². The zero-order chi connectivity index (χ0) is 14.5. The van der Waals surface area contributed by atoms with Gasteiger partial charge in [0.2, 0.25) is 0 Å². The van der Waals surface area contributed by atoms with Crippen molar-refractivity contribution >= 4 is 34.7 Å². The third kappa shape index (κ3) is 3.86. The molecule has 0 aliphatic carbocycles. The number of nitrogens with zero attached hydrogens (tertiary/aromatic N) is 2. The first-order chi connectivity index (χ1) is 9.62. The van der Waals surface area contributed by atoms with Crippen LogP contribution in [0.4, 0.5) is 11.6 Å². The first-order valence-corrected chi connectivity index (χ1v) is 8.66. The molecular weight excluding hydrogens is 288 g/mol. The Bertz CT molecular complexity index is 568. The van der Waals surface area contributed by atoms with Crippen molar-refractivity contribution in [2.45, 2.75) is 32.0 Å². The minimum absolute atomic E-state index is 0.243. The Kier molecular flexibility index (Phi) is 5.25. The predicted octanol–water partition coefficient (Wildman–Crippen LogP) is 4.17. The molecule has 4 nitrogen and oxygen atoms in total. The second-order valence-corrected chi connectivity index (χ2v) is 6.56. The number of aromatic nitrogens is 2. The van der Waals surface area contributed by atoms with Gasteiger partial charge in [0.05, 0.1) is 6.04 Å². The fourth-order valence-corrected chi connectivity index (χ4v) is 3.10. The van der Waals surface area contributed by atoms with E-state index in [2.05, 4.69) is 53.5 Å². The summed E-state index contributed by atoms with van der Waals surface area (Å²) >= 11 is 3.36. The van der Waals surface area contributed by atoms with Crippen LogP contribution in [0.1, 0.15) is 29.6 Å². The lowest BCUT2D eigenvalue weighted by atomic mass is 10.2. The predicted molar refractivity (Wildman–Crippen MR) is 89.1 cm³/mol. The van der Waals surface area contributed by atoms with Crippen molar-refractivity contribution in [3.63, 3.8) is 0 Å². The SMILES string of the molecule is CCNc1cc(NC(C)c2ccc(C)s2)nc(SC)n1. The highest BCUT2D eigenvalue weighted by Crippen LogP contribution is 2.26. The lowest BCUT2D eigenvalue weighted by molar-refractivity contribution is 0.872. The maximum absolute atomic E-state index is 4.51. The largest absolute Gasteiger partial charge is 0.370 e. The van der Waals surface area contributed by atoms with Gasteiger partial charge in [-0.25, -0.2) is 9.97 Å². The van der Waals surface area contributed by atoms with E-state index in [-0.39, 0.29) is 6.04 Å². The second-order valence-electron chi connectivity index (χ2n) is 4.47. The zero-order valence-electron chi connectivity index (χ0n) is 12.2. The van der Waals surface area contributed by atoms with Gasteiger partial charge in [-0.15, -0.1) is 11.3 Å². The van der Waals surface area contributed by atoms with Crippen LogP contribution in [-0.4, -0.2) is 22.8 Å². The summed E-state index contributed by atoms with van der Waals surface area (Å²) in [6, 6.07) is 6.52. The molecule has 1 unspecified atom stereocenters. The normalized spacial score (nSPS) is 12.2. The molecule has 0 amide bonds. The molecule has 2 rings (SSSR count). The Balaban J connectivity index is 2.17. The van der Waals surface area contributed by atoms with Crippen molar-refractivity contribution in [1.29, 1.82) is 0 Å². The number of thiophene rings is 1. The molecule has 0 fully saturated rings. The molecule has 0 saturated heterocycles. The molecule has 0 aliphatic rings.